The molecule has 0 aliphatic rings. The fraction of sp³-hybridized carbons (Fsp3) is 0.167. The van der Waals surface area contributed by atoms with Gasteiger partial charge in [0.2, 0.25) is 0 Å². The summed E-state index contributed by atoms with van der Waals surface area (Å²) >= 11 is 0. The SMILES string of the molecule is FC=CCn1ccnc1. The molecule has 0 fully saturated rings. The molecule has 0 radical (unpaired) electrons. The van der Waals surface area contributed by atoms with E-state index >= 15 is 0 Å². The van der Waals surface area contributed by atoms with Gasteiger partial charge in [-0.3, -0.25) is 0 Å². The third-order valence-corrected chi connectivity index (χ3v) is 0.965. The fourth-order valence-electron chi connectivity index (χ4n) is 0.556. The van der Waals surface area contributed by atoms with Crippen molar-refractivity contribution in [3.63, 3.8) is 0 Å². The summed E-state index contributed by atoms with van der Waals surface area (Å²) in [6.45, 7) is 0.552. The molecule has 0 saturated carbocycles. The highest BCUT2D eigenvalue weighted by Crippen LogP contribution is 1.86. The average molecular weight is 126 g/mol. The van der Waals surface area contributed by atoms with Gasteiger partial charge in [0, 0.05) is 18.9 Å². The van der Waals surface area contributed by atoms with Gasteiger partial charge in [0.05, 0.1) is 12.7 Å². The van der Waals surface area contributed by atoms with Gasteiger partial charge in [-0.2, -0.15) is 0 Å². The molecule has 0 unspecified atom stereocenters. The molecule has 0 bridgehead atoms. The molecule has 1 aromatic rings. The van der Waals surface area contributed by atoms with Crippen molar-refractivity contribution in [2.45, 2.75) is 6.54 Å². The van der Waals surface area contributed by atoms with Gasteiger partial charge < -0.3 is 4.57 Å². The number of rotatable bonds is 2. The Balaban J connectivity index is 2.48. The Morgan fingerprint density at radius 2 is 2.56 bits per heavy atom. The highest BCUT2D eigenvalue weighted by molar-refractivity contribution is 4.80. The largest absolute Gasteiger partial charge is 0.334 e. The van der Waals surface area contributed by atoms with Crippen LogP contribution in [-0.2, 0) is 6.54 Å². The molecule has 0 aliphatic carbocycles. The third kappa shape index (κ3) is 1.68. The molecule has 3 heteroatoms. The predicted molar refractivity (Wildman–Crippen MR) is 32.5 cm³/mol. The van der Waals surface area contributed by atoms with Gasteiger partial charge in [-0.15, -0.1) is 0 Å². The Labute approximate surface area is 52.6 Å². The Morgan fingerprint density at radius 1 is 1.67 bits per heavy atom. The Hall–Kier alpha value is -1.12. The smallest absolute Gasteiger partial charge is 0.0948 e. The highest BCUT2D eigenvalue weighted by Gasteiger charge is 1.81. The first-order valence-corrected chi connectivity index (χ1v) is 2.64. The van der Waals surface area contributed by atoms with Crippen molar-refractivity contribution in [2.24, 2.45) is 0 Å². The fourth-order valence-corrected chi connectivity index (χ4v) is 0.556. The molecule has 0 aliphatic heterocycles. The Kier molecular flexibility index (Phi) is 2.01. The topological polar surface area (TPSA) is 17.8 Å². The van der Waals surface area contributed by atoms with Crippen LogP contribution in [0.2, 0.25) is 0 Å². The molecule has 1 rings (SSSR count). The number of aromatic nitrogens is 2. The molecule has 0 saturated heterocycles. The predicted octanol–water partition coefficient (Wildman–Crippen LogP) is 1.37. The first kappa shape index (κ1) is 6.01. The molecular formula is C6H7FN2. The third-order valence-electron chi connectivity index (χ3n) is 0.965. The maximum atomic E-state index is 11.4. The van der Waals surface area contributed by atoms with Gasteiger partial charge >= 0.3 is 0 Å². The van der Waals surface area contributed by atoms with E-state index in [1.165, 1.54) is 6.08 Å². The number of hydrogen-bond acceptors (Lipinski definition) is 1. The quantitative estimate of drug-likeness (QED) is 0.585. The van der Waals surface area contributed by atoms with E-state index in [2.05, 4.69) is 4.98 Å². The molecule has 48 valence electrons. The van der Waals surface area contributed by atoms with Crippen LogP contribution in [0.1, 0.15) is 0 Å². The van der Waals surface area contributed by atoms with Crippen molar-refractivity contribution in [2.75, 3.05) is 0 Å². The van der Waals surface area contributed by atoms with Crippen molar-refractivity contribution in [1.29, 1.82) is 0 Å². The molecule has 2 nitrogen and oxygen atoms in total. The second-order valence-corrected chi connectivity index (χ2v) is 1.62. The van der Waals surface area contributed by atoms with Crippen molar-refractivity contribution in [3.05, 3.63) is 31.1 Å². The van der Waals surface area contributed by atoms with Gasteiger partial charge in [0.1, 0.15) is 0 Å². The van der Waals surface area contributed by atoms with Gasteiger partial charge in [0.15, 0.2) is 0 Å². The first-order chi connectivity index (χ1) is 4.43. The van der Waals surface area contributed by atoms with Crippen LogP contribution in [0.15, 0.2) is 31.1 Å². The zero-order valence-corrected chi connectivity index (χ0v) is 4.87. The maximum Gasteiger partial charge on any atom is 0.0948 e. The zero-order chi connectivity index (χ0) is 6.53. The van der Waals surface area contributed by atoms with Crippen LogP contribution in [0, 0.1) is 0 Å². The van der Waals surface area contributed by atoms with Gasteiger partial charge in [0.25, 0.3) is 0 Å². The summed E-state index contributed by atoms with van der Waals surface area (Å²) in [6, 6.07) is 0. The molecule has 9 heavy (non-hydrogen) atoms. The lowest BCUT2D eigenvalue weighted by atomic mass is 10.6. The Bertz CT molecular complexity index is 179. The van der Waals surface area contributed by atoms with Crippen LogP contribution in [-0.4, -0.2) is 9.55 Å². The van der Waals surface area contributed by atoms with E-state index in [1.54, 1.807) is 23.3 Å². The standard InChI is InChI=1S/C6H7FN2/c7-2-1-4-9-5-3-8-6-9/h1-3,5-6H,4H2. The number of nitrogens with zero attached hydrogens (tertiary/aromatic N) is 2. The lowest BCUT2D eigenvalue weighted by molar-refractivity contribution is 0.702. The number of imidazole rings is 1. The second kappa shape index (κ2) is 3.02. The monoisotopic (exact) mass is 126 g/mol. The van der Waals surface area contributed by atoms with Crippen LogP contribution in [0.4, 0.5) is 4.39 Å². The van der Waals surface area contributed by atoms with Crippen molar-refractivity contribution < 1.29 is 4.39 Å². The molecule has 1 aromatic heterocycles. The summed E-state index contributed by atoms with van der Waals surface area (Å²) in [5, 5.41) is 0. The minimum Gasteiger partial charge on any atom is -0.334 e. The molecule has 0 amide bonds. The summed E-state index contributed by atoms with van der Waals surface area (Å²) in [7, 11) is 0. The minimum atomic E-state index is 0.528. The van der Waals surface area contributed by atoms with E-state index in [9.17, 15) is 4.39 Å². The van der Waals surface area contributed by atoms with Gasteiger partial charge in [-0.1, -0.05) is 0 Å². The molecule has 0 aromatic carbocycles. The van der Waals surface area contributed by atoms with Crippen molar-refractivity contribution >= 4 is 0 Å². The normalized spacial score (nSPS) is 10.8. The summed E-state index contributed by atoms with van der Waals surface area (Å²) in [5.41, 5.74) is 0. The summed E-state index contributed by atoms with van der Waals surface area (Å²) in [4.78, 5) is 3.78. The molecule has 0 atom stereocenters. The zero-order valence-electron chi connectivity index (χ0n) is 4.87. The van der Waals surface area contributed by atoms with Crippen molar-refractivity contribution in [3.8, 4) is 0 Å². The summed E-state index contributed by atoms with van der Waals surface area (Å²) < 4.78 is 13.1. The maximum absolute atomic E-state index is 11.4. The van der Waals surface area contributed by atoms with Crippen LogP contribution >= 0.6 is 0 Å². The van der Waals surface area contributed by atoms with E-state index in [0.29, 0.717) is 12.9 Å². The average Bonchev–Trinajstić information content (AvgIpc) is 2.34. The number of hydrogen-bond donors (Lipinski definition) is 0. The molecular weight excluding hydrogens is 119 g/mol. The van der Waals surface area contributed by atoms with Crippen LogP contribution in [0.25, 0.3) is 0 Å². The van der Waals surface area contributed by atoms with Crippen molar-refractivity contribution in [1.82, 2.24) is 9.55 Å². The second-order valence-electron chi connectivity index (χ2n) is 1.62. The van der Waals surface area contributed by atoms with E-state index in [-0.39, 0.29) is 0 Å². The Morgan fingerprint density at radius 3 is 3.11 bits per heavy atom. The van der Waals surface area contributed by atoms with Crippen LogP contribution < -0.4 is 0 Å². The lowest BCUT2D eigenvalue weighted by Gasteiger charge is -1.90. The minimum absolute atomic E-state index is 0.528. The van der Waals surface area contributed by atoms with Gasteiger partial charge in [-0.05, 0) is 6.08 Å². The lowest BCUT2D eigenvalue weighted by Crippen LogP contribution is -1.88. The molecule has 1 heterocycles. The number of allylic oxidation sites excluding steroid dienone is 1. The van der Waals surface area contributed by atoms with E-state index in [0.717, 1.165) is 0 Å². The highest BCUT2D eigenvalue weighted by atomic mass is 19.1. The van der Waals surface area contributed by atoms with Crippen LogP contribution in [0.3, 0.4) is 0 Å². The summed E-state index contributed by atoms with van der Waals surface area (Å²) in [6.07, 6.45) is 7.02. The molecule has 0 spiro atoms. The van der Waals surface area contributed by atoms with Gasteiger partial charge in [-0.25, -0.2) is 9.37 Å². The first-order valence-electron chi connectivity index (χ1n) is 2.64. The van der Waals surface area contributed by atoms with Crippen LogP contribution in [0.5, 0.6) is 0 Å². The summed E-state index contributed by atoms with van der Waals surface area (Å²) in [5.74, 6) is 0. The molecule has 0 N–H and O–H groups in total. The van der Waals surface area contributed by atoms with E-state index in [4.69, 9.17) is 0 Å². The van der Waals surface area contributed by atoms with E-state index < -0.39 is 0 Å². The number of halogens is 1. The van der Waals surface area contributed by atoms with E-state index in [1.807, 2.05) is 0 Å².